The van der Waals surface area contributed by atoms with Gasteiger partial charge in [-0.3, -0.25) is 9.59 Å². The van der Waals surface area contributed by atoms with Gasteiger partial charge in [-0.2, -0.15) is 0 Å². The van der Waals surface area contributed by atoms with E-state index in [2.05, 4.69) is 43.5 Å². The van der Waals surface area contributed by atoms with Crippen LogP contribution in [0.15, 0.2) is 24.3 Å². The topological polar surface area (TPSA) is 95.9 Å². The maximum Gasteiger partial charge on any atom is 0.305 e. The highest BCUT2D eigenvalue weighted by molar-refractivity contribution is 5.76. The maximum absolute atomic E-state index is 12.5. The van der Waals surface area contributed by atoms with Gasteiger partial charge in [-0.15, -0.1) is 0 Å². The van der Waals surface area contributed by atoms with E-state index in [1.54, 1.807) is 0 Å². The van der Waals surface area contributed by atoms with Gasteiger partial charge in [0.25, 0.3) is 0 Å². The minimum Gasteiger partial charge on any atom is -0.466 e. The number of amides is 1. The monoisotopic (exact) mass is 958 g/mol. The molecule has 3 N–H and O–H groups in total. The van der Waals surface area contributed by atoms with Crippen molar-refractivity contribution in [2.45, 2.75) is 347 Å². The summed E-state index contributed by atoms with van der Waals surface area (Å²) in [7, 11) is 0. The Kier molecular flexibility index (Phi) is 56.5. The Morgan fingerprint density at radius 2 is 0.691 bits per heavy atom. The molecule has 68 heavy (non-hydrogen) atoms. The van der Waals surface area contributed by atoms with Crippen molar-refractivity contribution in [3.8, 4) is 0 Å². The predicted molar refractivity (Wildman–Crippen MR) is 296 cm³/mol. The Bertz CT molecular complexity index is 1060. The molecule has 6 nitrogen and oxygen atoms in total. The molecule has 0 rings (SSSR count). The molecule has 1 amide bonds. The van der Waals surface area contributed by atoms with E-state index in [9.17, 15) is 19.8 Å². The molecule has 0 saturated heterocycles. The minimum atomic E-state index is -0.671. The van der Waals surface area contributed by atoms with Gasteiger partial charge < -0.3 is 20.3 Å². The molecule has 0 heterocycles. The van der Waals surface area contributed by atoms with Gasteiger partial charge in [-0.25, -0.2) is 0 Å². The predicted octanol–water partition coefficient (Wildman–Crippen LogP) is 19.0. The number of carbonyl (C=O) groups is 2. The SMILES string of the molecule is CCCCCC/C=C\CCCCCCCC(=O)OCCCCCCCCCC/C=C\CCCCCCCCCC(=O)NC(CO)C(O)CCCCCCCCCCCCCCCCCCCCC. The summed E-state index contributed by atoms with van der Waals surface area (Å²) in [5.74, 6) is -0.0469. The van der Waals surface area contributed by atoms with Crippen LogP contribution in [0.1, 0.15) is 335 Å². The molecule has 0 aliphatic heterocycles. The fourth-order valence-corrected chi connectivity index (χ4v) is 9.51. The summed E-state index contributed by atoms with van der Waals surface area (Å²) in [4.78, 5) is 24.5. The number of ether oxygens (including phenoxy) is 1. The Morgan fingerprint density at radius 3 is 1.06 bits per heavy atom. The van der Waals surface area contributed by atoms with E-state index in [-0.39, 0.29) is 18.5 Å². The van der Waals surface area contributed by atoms with Crippen molar-refractivity contribution in [2.24, 2.45) is 0 Å². The van der Waals surface area contributed by atoms with Crippen molar-refractivity contribution in [3.05, 3.63) is 24.3 Å². The number of carbonyl (C=O) groups excluding carboxylic acids is 2. The first kappa shape index (κ1) is 66.3. The lowest BCUT2D eigenvalue weighted by Crippen LogP contribution is -2.45. The van der Waals surface area contributed by atoms with Gasteiger partial charge in [0.15, 0.2) is 0 Å². The molecule has 0 spiro atoms. The number of unbranched alkanes of at least 4 members (excludes halogenated alkanes) is 42. The second-order valence-corrected chi connectivity index (χ2v) is 21.0. The van der Waals surface area contributed by atoms with Crippen LogP contribution in [0.3, 0.4) is 0 Å². The first-order valence-electron chi connectivity index (χ1n) is 30.6. The van der Waals surface area contributed by atoms with Crippen molar-refractivity contribution in [1.82, 2.24) is 5.32 Å². The van der Waals surface area contributed by atoms with Gasteiger partial charge >= 0.3 is 5.97 Å². The van der Waals surface area contributed by atoms with E-state index in [4.69, 9.17) is 4.74 Å². The van der Waals surface area contributed by atoms with E-state index in [1.165, 1.54) is 257 Å². The highest BCUT2D eigenvalue weighted by Crippen LogP contribution is 2.17. The number of hydrogen-bond acceptors (Lipinski definition) is 5. The van der Waals surface area contributed by atoms with Crippen LogP contribution in [0.4, 0.5) is 0 Å². The number of hydrogen-bond donors (Lipinski definition) is 3. The Morgan fingerprint density at radius 1 is 0.397 bits per heavy atom. The Labute approximate surface area is 424 Å². The Hall–Kier alpha value is -1.66. The average molecular weight is 959 g/mol. The summed E-state index contributed by atoms with van der Waals surface area (Å²) >= 11 is 0. The molecule has 0 aromatic heterocycles. The normalized spacial score (nSPS) is 12.7. The highest BCUT2D eigenvalue weighted by atomic mass is 16.5. The largest absolute Gasteiger partial charge is 0.466 e. The van der Waals surface area contributed by atoms with Crippen LogP contribution >= 0.6 is 0 Å². The van der Waals surface area contributed by atoms with Crippen molar-refractivity contribution in [3.63, 3.8) is 0 Å². The quantitative estimate of drug-likeness (QED) is 0.0321. The number of aliphatic hydroxyl groups excluding tert-OH is 2. The molecule has 6 heteroatoms. The van der Waals surface area contributed by atoms with E-state index >= 15 is 0 Å². The van der Waals surface area contributed by atoms with E-state index < -0.39 is 12.1 Å². The third-order valence-electron chi connectivity index (χ3n) is 14.2. The van der Waals surface area contributed by atoms with Crippen LogP contribution < -0.4 is 5.32 Å². The molecular formula is C62H119NO5. The summed E-state index contributed by atoms with van der Waals surface area (Å²) in [6.45, 7) is 4.94. The lowest BCUT2D eigenvalue weighted by atomic mass is 10.0. The molecule has 0 saturated carbocycles. The number of allylic oxidation sites excluding steroid dienone is 4. The van der Waals surface area contributed by atoms with Gasteiger partial charge in [0.2, 0.25) is 5.91 Å². The molecule has 0 aromatic rings. The number of nitrogens with one attached hydrogen (secondary N) is 1. The summed E-state index contributed by atoms with van der Waals surface area (Å²) in [5.41, 5.74) is 0. The smallest absolute Gasteiger partial charge is 0.305 e. The third kappa shape index (κ3) is 53.7. The van der Waals surface area contributed by atoms with Crippen LogP contribution in [0, 0.1) is 0 Å². The van der Waals surface area contributed by atoms with Gasteiger partial charge in [-0.05, 0) is 77.0 Å². The molecule has 0 aromatic carbocycles. The van der Waals surface area contributed by atoms with Crippen molar-refractivity contribution >= 4 is 11.9 Å². The number of rotatable bonds is 57. The summed E-state index contributed by atoms with van der Waals surface area (Å²) < 4.78 is 5.46. The van der Waals surface area contributed by atoms with Gasteiger partial charge in [0.05, 0.1) is 25.4 Å². The molecule has 0 aliphatic rings. The molecule has 2 atom stereocenters. The lowest BCUT2D eigenvalue weighted by Gasteiger charge is -2.22. The zero-order chi connectivity index (χ0) is 49.3. The number of esters is 1. The summed E-state index contributed by atoms with van der Waals surface area (Å²) in [5, 5.41) is 23.3. The molecule has 0 fully saturated rings. The first-order chi connectivity index (χ1) is 33.5. The van der Waals surface area contributed by atoms with Gasteiger partial charge in [0.1, 0.15) is 0 Å². The minimum absolute atomic E-state index is 0.00485. The average Bonchev–Trinajstić information content (AvgIpc) is 3.34. The third-order valence-corrected chi connectivity index (χ3v) is 14.2. The lowest BCUT2D eigenvalue weighted by molar-refractivity contribution is -0.143. The second-order valence-electron chi connectivity index (χ2n) is 21.0. The summed E-state index contributed by atoms with van der Waals surface area (Å²) in [6, 6.07) is -0.549. The first-order valence-corrected chi connectivity index (χ1v) is 30.6. The molecule has 2 unspecified atom stereocenters. The van der Waals surface area contributed by atoms with E-state index in [1.807, 2.05) is 0 Å². The fourth-order valence-electron chi connectivity index (χ4n) is 9.51. The van der Waals surface area contributed by atoms with Crippen LogP contribution in [0.5, 0.6) is 0 Å². The van der Waals surface area contributed by atoms with Crippen molar-refractivity contribution < 1.29 is 24.5 Å². The fraction of sp³-hybridized carbons (Fsp3) is 0.903. The molecule has 402 valence electrons. The van der Waals surface area contributed by atoms with Crippen LogP contribution in [-0.4, -0.2) is 47.4 Å². The van der Waals surface area contributed by atoms with Crippen molar-refractivity contribution in [1.29, 1.82) is 0 Å². The maximum atomic E-state index is 12.5. The van der Waals surface area contributed by atoms with Crippen LogP contribution in [-0.2, 0) is 14.3 Å². The van der Waals surface area contributed by atoms with Crippen LogP contribution in [0.25, 0.3) is 0 Å². The highest BCUT2D eigenvalue weighted by Gasteiger charge is 2.20. The van der Waals surface area contributed by atoms with Gasteiger partial charge in [0, 0.05) is 12.8 Å². The van der Waals surface area contributed by atoms with Gasteiger partial charge in [-0.1, -0.05) is 269 Å². The van der Waals surface area contributed by atoms with Crippen molar-refractivity contribution in [2.75, 3.05) is 13.2 Å². The number of aliphatic hydroxyl groups is 2. The zero-order valence-corrected chi connectivity index (χ0v) is 45.9. The molecule has 0 radical (unpaired) electrons. The standard InChI is InChI=1S/C62H119NO5/c1-3-5-7-9-11-13-15-17-18-19-21-24-27-31-34-38-42-46-50-54-60(65)59(58-64)63-61(66)55-51-47-43-39-35-32-28-25-22-20-23-26-29-33-37-41-45-49-53-57-68-62(67)56-52-48-44-40-36-30-16-14-12-10-8-6-4-2/h14,16,20,22,59-60,64-65H,3-13,15,17-19,21,23-58H2,1-2H3,(H,63,66)/b16-14-,22-20-. The molecule has 0 aliphatic carbocycles. The van der Waals surface area contributed by atoms with E-state index in [0.29, 0.717) is 25.9 Å². The Balaban J connectivity index is 3.44. The summed E-state index contributed by atoms with van der Waals surface area (Å²) in [6.07, 6.45) is 70.3. The molecule has 0 bridgehead atoms. The zero-order valence-electron chi connectivity index (χ0n) is 45.9. The second kappa shape index (κ2) is 57.9. The van der Waals surface area contributed by atoms with Crippen LogP contribution in [0.2, 0.25) is 0 Å². The molecular weight excluding hydrogens is 839 g/mol. The van der Waals surface area contributed by atoms with E-state index in [0.717, 1.165) is 44.9 Å².